The summed E-state index contributed by atoms with van der Waals surface area (Å²) >= 11 is 14.7. The van der Waals surface area contributed by atoms with Gasteiger partial charge in [-0.3, -0.25) is 4.90 Å². The number of aryl methyl sites for hydroxylation is 2. The highest BCUT2D eigenvalue weighted by Gasteiger charge is 2.49. The second-order valence-corrected chi connectivity index (χ2v) is 15.6. The molecular formula is C39H34Cl2FN7OS. The van der Waals surface area contributed by atoms with Gasteiger partial charge in [0.05, 0.1) is 39.4 Å². The van der Waals surface area contributed by atoms with Gasteiger partial charge in [-0.1, -0.05) is 35.3 Å². The Balaban J connectivity index is 1.24. The molecule has 2 bridgehead atoms. The molecule has 1 aliphatic carbocycles. The van der Waals surface area contributed by atoms with Crippen LogP contribution in [-0.2, 0) is 6.42 Å². The largest absolute Gasteiger partial charge is 0.337 e. The van der Waals surface area contributed by atoms with Gasteiger partial charge in [0.1, 0.15) is 10.3 Å². The molecule has 7 heterocycles. The highest BCUT2D eigenvalue weighted by atomic mass is 35.5. The number of fused-ring (bicyclic) bond motifs is 5. The molecule has 8 nitrogen and oxygen atoms in total. The number of carbonyl (C=O) groups excluding carboxylic acids is 1. The molecule has 2 amide bonds. The van der Waals surface area contributed by atoms with Crippen LogP contribution in [0.3, 0.4) is 0 Å². The van der Waals surface area contributed by atoms with E-state index in [1.54, 1.807) is 35.7 Å². The Morgan fingerprint density at radius 1 is 1.16 bits per heavy atom. The van der Waals surface area contributed by atoms with Crippen molar-refractivity contribution < 1.29 is 9.18 Å². The van der Waals surface area contributed by atoms with E-state index in [9.17, 15) is 10.1 Å². The third-order valence-electron chi connectivity index (χ3n) is 11.2. The molecule has 12 heteroatoms. The maximum Gasteiger partial charge on any atom is 0.325 e. The van der Waals surface area contributed by atoms with E-state index in [1.807, 2.05) is 40.3 Å². The number of pyridine rings is 2. The molecule has 3 saturated heterocycles. The summed E-state index contributed by atoms with van der Waals surface area (Å²) in [5, 5.41) is 18.5. The molecule has 4 atom stereocenters. The minimum absolute atomic E-state index is 0.0356. The summed E-state index contributed by atoms with van der Waals surface area (Å²) in [7, 11) is 0. The predicted octanol–water partition coefficient (Wildman–Crippen LogP) is 9.60. The summed E-state index contributed by atoms with van der Waals surface area (Å²) < 4.78 is 19.5. The molecule has 0 spiro atoms. The van der Waals surface area contributed by atoms with Crippen LogP contribution in [-0.4, -0.2) is 51.1 Å². The second kappa shape index (κ2) is 12.4. The average Bonchev–Trinajstić information content (AvgIpc) is 3.94. The number of urea groups is 1. The molecule has 1 saturated carbocycles. The Morgan fingerprint density at radius 2 is 2.02 bits per heavy atom. The third-order valence-corrected chi connectivity index (χ3v) is 12.9. The number of nitrogens with zero attached hydrogens (tertiary/aromatic N) is 6. The second-order valence-electron chi connectivity index (χ2n) is 13.9. The van der Waals surface area contributed by atoms with E-state index >= 15 is 4.39 Å². The lowest BCUT2D eigenvalue weighted by atomic mass is 9.79. The number of anilines is 1. The van der Waals surface area contributed by atoms with Crippen LogP contribution in [0.5, 0.6) is 0 Å². The molecule has 0 radical (unpaired) electrons. The number of nitrogens with one attached hydrogen (secondary N) is 1. The van der Waals surface area contributed by atoms with E-state index in [2.05, 4.69) is 33.9 Å². The Morgan fingerprint density at radius 3 is 2.80 bits per heavy atom. The van der Waals surface area contributed by atoms with E-state index in [1.165, 1.54) is 0 Å². The fraction of sp³-hybridized carbons (Fsp3) is 0.333. The van der Waals surface area contributed by atoms with Crippen LogP contribution in [0.1, 0.15) is 55.2 Å². The first kappa shape index (κ1) is 32.6. The van der Waals surface area contributed by atoms with E-state index in [4.69, 9.17) is 28.2 Å². The van der Waals surface area contributed by atoms with Crippen molar-refractivity contribution in [3.63, 3.8) is 0 Å². The zero-order valence-corrected chi connectivity index (χ0v) is 30.4. The molecule has 0 unspecified atom stereocenters. The lowest BCUT2D eigenvalue weighted by molar-refractivity contribution is 0.165. The summed E-state index contributed by atoms with van der Waals surface area (Å²) in [6, 6.07) is 15.7. The van der Waals surface area contributed by atoms with Gasteiger partial charge < -0.3 is 14.8 Å². The van der Waals surface area contributed by atoms with Crippen molar-refractivity contribution in [2.24, 2.45) is 5.92 Å². The first-order chi connectivity index (χ1) is 24.8. The summed E-state index contributed by atoms with van der Waals surface area (Å²) in [6.07, 6.45) is 4.22. The molecular weight excluding hydrogens is 704 g/mol. The van der Waals surface area contributed by atoms with Crippen LogP contribution in [0.15, 0.2) is 54.0 Å². The SMILES string of the molecule is Cc1nc2c(F)c(-c3cccc(Cl)c3Cl)c(CCC#N)cc2c2c1cc([C@@H](C)N1CCCN(c3ccnc4sccc34)C1=O)n2[C@H]1[C@H]2CN[C@@H]1C2. The third kappa shape index (κ3) is 4.96. The van der Waals surface area contributed by atoms with Crippen LogP contribution in [0, 0.1) is 30.0 Å². The molecule has 2 aromatic carbocycles. The summed E-state index contributed by atoms with van der Waals surface area (Å²) in [5.41, 5.74) is 5.24. The molecule has 4 aromatic heterocycles. The van der Waals surface area contributed by atoms with E-state index in [0.717, 1.165) is 51.9 Å². The van der Waals surface area contributed by atoms with E-state index < -0.39 is 5.82 Å². The number of carbonyl (C=O) groups is 1. The quantitative estimate of drug-likeness (QED) is 0.176. The molecule has 51 heavy (non-hydrogen) atoms. The van der Waals surface area contributed by atoms with Gasteiger partial charge in [-0.25, -0.2) is 19.2 Å². The number of benzene rings is 2. The monoisotopic (exact) mass is 737 g/mol. The minimum atomic E-state index is -0.481. The Bertz CT molecular complexity index is 2440. The van der Waals surface area contributed by atoms with Gasteiger partial charge in [-0.05, 0) is 80.3 Å². The van der Waals surface area contributed by atoms with Crippen LogP contribution in [0.2, 0.25) is 10.0 Å². The standard InChI is InChI=1S/C39H34Cl2FN7OS/c1-20-26-18-31(21(2)47-13-5-14-48(39(47)50)30-9-12-44-38-24(30)10-15-51-38)49(36-23-17-29(36)45-19-23)37(26)27-16-22(6-4-11-43)32(34(42)35(27)46-20)25-7-3-8-28(40)33(25)41/h3,7-10,12,15-16,18,21,23,29,36,45H,4-6,13-14,17,19H2,1-2H3/t21-,23-,29-,36+/m1/s1. The van der Waals surface area contributed by atoms with Crippen molar-refractivity contribution >= 4 is 78.3 Å². The van der Waals surface area contributed by atoms with Crippen molar-refractivity contribution in [2.75, 3.05) is 24.5 Å². The van der Waals surface area contributed by atoms with Gasteiger partial charge in [-0.2, -0.15) is 5.26 Å². The molecule has 6 aromatic rings. The first-order valence-corrected chi connectivity index (χ1v) is 19.0. The van der Waals surface area contributed by atoms with Crippen molar-refractivity contribution in [2.45, 2.75) is 57.7 Å². The zero-order chi connectivity index (χ0) is 35.1. The number of rotatable bonds is 7. The van der Waals surface area contributed by atoms with Gasteiger partial charge in [0.15, 0.2) is 5.82 Å². The van der Waals surface area contributed by atoms with Crippen molar-refractivity contribution in [1.82, 2.24) is 24.8 Å². The lowest BCUT2D eigenvalue weighted by Crippen LogP contribution is -2.51. The molecule has 258 valence electrons. The number of thiophene rings is 1. The smallest absolute Gasteiger partial charge is 0.325 e. The molecule has 10 rings (SSSR count). The number of aromatic nitrogens is 3. The lowest BCUT2D eigenvalue weighted by Gasteiger charge is -2.42. The summed E-state index contributed by atoms with van der Waals surface area (Å²) in [5.74, 6) is -0.0598. The first-order valence-electron chi connectivity index (χ1n) is 17.4. The summed E-state index contributed by atoms with van der Waals surface area (Å²) in [6.45, 7) is 6.20. The van der Waals surface area contributed by atoms with Crippen molar-refractivity contribution in [3.05, 3.63) is 86.9 Å². The maximum absolute atomic E-state index is 17.1. The number of hydrogen-bond donors (Lipinski definition) is 1. The molecule has 1 N–H and O–H groups in total. The van der Waals surface area contributed by atoms with Crippen LogP contribution in [0.4, 0.5) is 14.9 Å². The van der Waals surface area contributed by atoms with Crippen molar-refractivity contribution in [1.29, 1.82) is 5.26 Å². The highest BCUT2D eigenvalue weighted by Crippen LogP contribution is 2.50. The maximum atomic E-state index is 17.1. The Hall–Kier alpha value is -4.27. The van der Waals surface area contributed by atoms with E-state index in [-0.39, 0.29) is 41.1 Å². The zero-order valence-electron chi connectivity index (χ0n) is 28.1. The van der Waals surface area contributed by atoms with Crippen LogP contribution >= 0.6 is 34.5 Å². The predicted molar refractivity (Wildman–Crippen MR) is 202 cm³/mol. The minimum Gasteiger partial charge on any atom is -0.337 e. The number of halogens is 3. The number of amides is 2. The van der Waals surface area contributed by atoms with Gasteiger partial charge in [0.2, 0.25) is 0 Å². The molecule has 3 aliphatic heterocycles. The Labute approximate surface area is 308 Å². The average molecular weight is 739 g/mol. The fourth-order valence-corrected chi connectivity index (χ4v) is 9.90. The van der Waals surface area contributed by atoms with Gasteiger partial charge in [-0.15, -0.1) is 11.3 Å². The Kier molecular flexibility index (Phi) is 7.96. The number of nitriles is 1. The van der Waals surface area contributed by atoms with Crippen LogP contribution < -0.4 is 10.2 Å². The van der Waals surface area contributed by atoms with Gasteiger partial charge in [0, 0.05) is 77.0 Å². The topological polar surface area (TPSA) is 90.1 Å². The van der Waals surface area contributed by atoms with E-state index in [0.29, 0.717) is 58.2 Å². The normalized spacial score (nSPS) is 20.8. The van der Waals surface area contributed by atoms with Gasteiger partial charge >= 0.3 is 6.03 Å². The fourth-order valence-electron chi connectivity index (χ4n) is 8.75. The van der Waals surface area contributed by atoms with Gasteiger partial charge in [0.25, 0.3) is 0 Å². The molecule has 4 fully saturated rings. The number of hydrogen-bond acceptors (Lipinski definition) is 6. The molecule has 4 aliphatic rings. The summed E-state index contributed by atoms with van der Waals surface area (Å²) in [4.78, 5) is 28.6. The highest BCUT2D eigenvalue weighted by molar-refractivity contribution is 7.16. The van der Waals surface area contributed by atoms with Crippen LogP contribution in [0.25, 0.3) is 43.1 Å². The van der Waals surface area contributed by atoms with Crippen molar-refractivity contribution in [3.8, 4) is 17.2 Å².